The molecular weight excluding hydrogens is 192 g/mol. The molecule has 2 nitrogen and oxygen atoms in total. The van der Waals surface area contributed by atoms with Crippen LogP contribution in [0.1, 0.15) is 0 Å². The van der Waals surface area contributed by atoms with E-state index in [1.54, 1.807) is 0 Å². The first-order chi connectivity index (χ1) is 4.30. The second-order valence-corrected chi connectivity index (χ2v) is 3.13. The van der Waals surface area contributed by atoms with Gasteiger partial charge in [-0.15, -0.1) is 12.6 Å². The van der Waals surface area contributed by atoms with E-state index in [9.17, 15) is 0 Å². The van der Waals surface area contributed by atoms with Gasteiger partial charge >= 0.3 is 37.7 Å². The minimum atomic E-state index is 0. The molecule has 0 atom stereocenters. The van der Waals surface area contributed by atoms with E-state index < -0.39 is 0 Å². The van der Waals surface area contributed by atoms with Crippen LogP contribution in [0.5, 0.6) is 0 Å². The van der Waals surface area contributed by atoms with Crippen molar-refractivity contribution in [2.75, 3.05) is 26.2 Å². The summed E-state index contributed by atoms with van der Waals surface area (Å²) in [5.41, 5.74) is 0. The summed E-state index contributed by atoms with van der Waals surface area (Å²) in [4.78, 5) is 2.09. The first-order valence-electron chi connectivity index (χ1n) is 2.99. The van der Waals surface area contributed by atoms with Crippen LogP contribution in [0.3, 0.4) is 0 Å². The number of rotatable bonds is 0. The fraction of sp³-hybridized carbons (Fsp3) is 0.800. The summed E-state index contributed by atoms with van der Waals surface area (Å²) in [6.45, 7) is 4.06. The minimum absolute atomic E-state index is 0. The molecule has 5 heteroatoms. The summed E-state index contributed by atoms with van der Waals surface area (Å²) < 4.78 is 0.719. The average Bonchev–Trinajstić information content (AvgIpc) is 1.90. The van der Waals surface area contributed by atoms with Crippen LogP contribution in [-0.4, -0.2) is 73.1 Å². The number of thiol groups is 1. The molecule has 0 saturated carbocycles. The summed E-state index contributed by atoms with van der Waals surface area (Å²) in [6, 6.07) is 0. The zero-order chi connectivity index (χ0) is 6.69. The van der Waals surface area contributed by atoms with E-state index in [0.29, 0.717) is 0 Å². The topological polar surface area (TPSA) is 15.3 Å². The monoisotopic (exact) mass is 204 g/mol. The molecule has 1 aliphatic heterocycles. The second kappa shape index (κ2) is 6.03. The Bertz CT molecular complexity index is 114. The van der Waals surface area contributed by atoms with Crippen LogP contribution >= 0.6 is 24.8 Å². The Morgan fingerprint density at radius 2 is 1.90 bits per heavy atom. The van der Waals surface area contributed by atoms with E-state index in [0.717, 1.165) is 30.5 Å². The summed E-state index contributed by atoms with van der Waals surface area (Å²) in [5, 5.41) is 3.23. The Labute approximate surface area is 102 Å². The van der Waals surface area contributed by atoms with Gasteiger partial charge in [0.1, 0.15) is 4.32 Å². The van der Waals surface area contributed by atoms with Gasteiger partial charge in [0.15, 0.2) is 0 Å². The molecule has 1 rings (SSSR count). The molecule has 10 heavy (non-hydrogen) atoms. The van der Waals surface area contributed by atoms with Gasteiger partial charge in [-0.25, -0.2) is 0 Å². The SMILES string of the molecule is S=C(S)N1CCNCC1.[CaH2]. The predicted octanol–water partition coefficient (Wildman–Crippen LogP) is -0.810. The van der Waals surface area contributed by atoms with E-state index in [4.69, 9.17) is 12.2 Å². The van der Waals surface area contributed by atoms with E-state index in [1.807, 2.05) is 0 Å². The molecule has 0 aromatic carbocycles. The number of piperazine rings is 1. The summed E-state index contributed by atoms with van der Waals surface area (Å²) >= 11 is 8.95. The summed E-state index contributed by atoms with van der Waals surface area (Å²) in [5.74, 6) is 0. The van der Waals surface area contributed by atoms with Crippen molar-refractivity contribution in [1.82, 2.24) is 10.2 Å². The molecule has 0 aliphatic carbocycles. The van der Waals surface area contributed by atoms with Crippen molar-refractivity contribution in [1.29, 1.82) is 0 Å². The molecule has 0 radical (unpaired) electrons. The van der Waals surface area contributed by atoms with Gasteiger partial charge in [0.2, 0.25) is 0 Å². The molecule has 0 amide bonds. The van der Waals surface area contributed by atoms with Crippen molar-refractivity contribution in [3.63, 3.8) is 0 Å². The van der Waals surface area contributed by atoms with Gasteiger partial charge in [-0.05, 0) is 0 Å². The fourth-order valence-corrected chi connectivity index (χ4v) is 1.24. The van der Waals surface area contributed by atoms with Crippen molar-refractivity contribution in [2.45, 2.75) is 0 Å². The molecule has 1 heterocycles. The standard InChI is InChI=1S/C5H10N2S2.Ca.2H/c8-5(9)7-3-1-6-2-4-7;;;/h6H,1-4H2,(H,8,9);;;. The Morgan fingerprint density at radius 3 is 2.20 bits per heavy atom. The molecule has 1 aliphatic rings. The zero-order valence-electron chi connectivity index (χ0n) is 5.13. The third-order valence-corrected chi connectivity index (χ3v) is 1.93. The van der Waals surface area contributed by atoms with Gasteiger partial charge in [-0.2, -0.15) is 0 Å². The molecule has 0 unspecified atom stereocenters. The van der Waals surface area contributed by atoms with Crippen LogP contribution in [-0.2, 0) is 0 Å². The van der Waals surface area contributed by atoms with E-state index in [2.05, 4.69) is 22.8 Å². The maximum atomic E-state index is 4.88. The molecule has 56 valence electrons. The van der Waals surface area contributed by atoms with Crippen molar-refractivity contribution in [2.24, 2.45) is 0 Å². The molecule has 1 fully saturated rings. The molecule has 0 spiro atoms. The number of nitrogens with zero attached hydrogens (tertiary/aromatic N) is 1. The van der Waals surface area contributed by atoms with E-state index in [1.165, 1.54) is 0 Å². The van der Waals surface area contributed by atoms with Crippen molar-refractivity contribution in [3.8, 4) is 0 Å². The molecule has 0 aromatic heterocycles. The van der Waals surface area contributed by atoms with Crippen LogP contribution in [0.15, 0.2) is 0 Å². The first-order valence-corrected chi connectivity index (χ1v) is 3.85. The molecule has 0 bridgehead atoms. The van der Waals surface area contributed by atoms with Crippen molar-refractivity contribution >= 4 is 66.9 Å². The number of hydrogen-bond donors (Lipinski definition) is 2. The Kier molecular flexibility index (Phi) is 6.91. The molecular formula is C5H12CaN2S2. The van der Waals surface area contributed by atoms with Crippen LogP contribution < -0.4 is 5.32 Å². The van der Waals surface area contributed by atoms with E-state index in [-0.39, 0.29) is 37.7 Å². The van der Waals surface area contributed by atoms with Gasteiger partial charge in [0.05, 0.1) is 0 Å². The third kappa shape index (κ3) is 3.74. The van der Waals surface area contributed by atoms with E-state index >= 15 is 0 Å². The Hall–Kier alpha value is 1.46. The molecule has 1 saturated heterocycles. The summed E-state index contributed by atoms with van der Waals surface area (Å²) in [6.07, 6.45) is 0. The Morgan fingerprint density at radius 1 is 1.40 bits per heavy atom. The predicted molar refractivity (Wildman–Crippen MR) is 54.6 cm³/mol. The maximum absolute atomic E-state index is 4.88. The second-order valence-electron chi connectivity index (χ2n) is 2.02. The third-order valence-electron chi connectivity index (χ3n) is 1.39. The fourth-order valence-electron chi connectivity index (χ4n) is 0.856. The number of hydrogen-bond acceptors (Lipinski definition) is 2. The normalized spacial score (nSPS) is 17.9. The first kappa shape index (κ1) is 11.5. The zero-order valence-corrected chi connectivity index (χ0v) is 6.84. The quantitative estimate of drug-likeness (QED) is 0.305. The van der Waals surface area contributed by atoms with Gasteiger partial charge in [0.25, 0.3) is 0 Å². The number of thiocarbonyl (C=S) groups is 1. The number of nitrogens with one attached hydrogen (secondary N) is 1. The van der Waals surface area contributed by atoms with Crippen LogP contribution in [0, 0.1) is 0 Å². The van der Waals surface area contributed by atoms with Crippen molar-refractivity contribution in [3.05, 3.63) is 0 Å². The van der Waals surface area contributed by atoms with Gasteiger partial charge < -0.3 is 10.2 Å². The van der Waals surface area contributed by atoms with Crippen LogP contribution in [0.25, 0.3) is 0 Å². The summed E-state index contributed by atoms with van der Waals surface area (Å²) in [7, 11) is 0. The van der Waals surface area contributed by atoms with Crippen LogP contribution in [0.2, 0.25) is 0 Å². The average molecular weight is 204 g/mol. The molecule has 1 N–H and O–H groups in total. The molecule has 0 aromatic rings. The Balaban J connectivity index is 0.000000810. The van der Waals surface area contributed by atoms with Gasteiger partial charge in [-0.3, -0.25) is 0 Å². The van der Waals surface area contributed by atoms with Crippen molar-refractivity contribution < 1.29 is 0 Å². The van der Waals surface area contributed by atoms with Gasteiger partial charge in [-0.1, -0.05) is 12.2 Å². The van der Waals surface area contributed by atoms with Gasteiger partial charge in [0, 0.05) is 26.2 Å². The van der Waals surface area contributed by atoms with Crippen LogP contribution in [0.4, 0.5) is 0 Å².